The molecule has 0 bridgehead atoms. The standard InChI is InChI=1S/C15H18N2O4/c1-2-21-14-12(8-5-9-16-14)17-13(18)10-6-3-4-7-11(10)15(19)20/h3-5,8-11H,2,6-7H2,1H3,(H,17,18)(H,19,20). The summed E-state index contributed by atoms with van der Waals surface area (Å²) in [6.07, 6.45) is 6.02. The molecule has 0 aromatic carbocycles. The molecule has 1 aromatic rings. The molecule has 2 N–H and O–H groups in total. The zero-order chi connectivity index (χ0) is 15.2. The zero-order valence-electron chi connectivity index (χ0n) is 11.8. The monoisotopic (exact) mass is 290 g/mol. The molecule has 0 radical (unpaired) electrons. The average molecular weight is 290 g/mol. The van der Waals surface area contributed by atoms with Crippen LogP contribution in [0, 0.1) is 11.8 Å². The van der Waals surface area contributed by atoms with Crippen molar-refractivity contribution in [3.63, 3.8) is 0 Å². The second kappa shape index (κ2) is 6.88. The number of aliphatic carboxylic acids is 1. The van der Waals surface area contributed by atoms with Gasteiger partial charge in [-0.1, -0.05) is 12.2 Å². The van der Waals surface area contributed by atoms with Crippen molar-refractivity contribution in [3.05, 3.63) is 30.5 Å². The third-order valence-electron chi connectivity index (χ3n) is 3.40. The summed E-state index contributed by atoms with van der Waals surface area (Å²) in [5.74, 6) is -2.20. The summed E-state index contributed by atoms with van der Waals surface area (Å²) in [6, 6.07) is 3.37. The Morgan fingerprint density at radius 2 is 2.10 bits per heavy atom. The van der Waals surface area contributed by atoms with Crippen molar-refractivity contribution in [3.8, 4) is 5.88 Å². The molecule has 1 aliphatic carbocycles. The number of hydrogen-bond acceptors (Lipinski definition) is 4. The van der Waals surface area contributed by atoms with Crippen LogP contribution in [0.2, 0.25) is 0 Å². The van der Waals surface area contributed by atoms with Crippen molar-refractivity contribution in [2.75, 3.05) is 11.9 Å². The first-order valence-electron chi connectivity index (χ1n) is 6.90. The molecule has 0 spiro atoms. The Morgan fingerprint density at radius 1 is 1.38 bits per heavy atom. The maximum atomic E-state index is 12.3. The molecule has 1 aliphatic rings. The third-order valence-corrected chi connectivity index (χ3v) is 3.40. The van der Waals surface area contributed by atoms with E-state index in [-0.39, 0.29) is 5.91 Å². The van der Waals surface area contributed by atoms with Gasteiger partial charge in [-0.25, -0.2) is 4.98 Å². The highest BCUT2D eigenvalue weighted by Crippen LogP contribution is 2.28. The van der Waals surface area contributed by atoms with Gasteiger partial charge < -0.3 is 15.2 Å². The van der Waals surface area contributed by atoms with E-state index in [1.807, 2.05) is 13.0 Å². The van der Waals surface area contributed by atoms with Gasteiger partial charge in [0.15, 0.2) is 0 Å². The molecule has 2 rings (SSSR count). The molecule has 2 atom stereocenters. The maximum absolute atomic E-state index is 12.3. The van der Waals surface area contributed by atoms with Crippen LogP contribution in [-0.4, -0.2) is 28.6 Å². The summed E-state index contributed by atoms with van der Waals surface area (Å²) in [6.45, 7) is 2.26. The van der Waals surface area contributed by atoms with Crippen molar-refractivity contribution in [2.45, 2.75) is 19.8 Å². The molecule has 0 aliphatic heterocycles. The quantitative estimate of drug-likeness (QED) is 0.811. The van der Waals surface area contributed by atoms with Crippen LogP contribution >= 0.6 is 0 Å². The van der Waals surface area contributed by atoms with Gasteiger partial charge in [-0.2, -0.15) is 0 Å². The summed E-state index contributed by atoms with van der Waals surface area (Å²) in [4.78, 5) is 27.6. The Bertz CT molecular complexity index is 556. The minimum absolute atomic E-state index is 0.319. The van der Waals surface area contributed by atoms with E-state index in [1.165, 1.54) is 0 Å². The molecular weight excluding hydrogens is 272 g/mol. The van der Waals surface area contributed by atoms with Crippen LogP contribution in [0.15, 0.2) is 30.5 Å². The SMILES string of the molecule is CCOc1ncccc1NC(=O)C1CC=CCC1C(=O)O. The molecule has 0 fully saturated rings. The minimum atomic E-state index is -0.948. The number of carboxylic acids is 1. The van der Waals surface area contributed by atoms with Gasteiger partial charge in [0.05, 0.1) is 18.4 Å². The van der Waals surface area contributed by atoms with Gasteiger partial charge in [0.2, 0.25) is 11.8 Å². The number of allylic oxidation sites excluding steroid dienone is 2. The molecule has 1 aromatic heterocycles. The molecule has 1 heterocycles. The number of hydrogen-bond donors (Lipinski definition) is 2. The minimum Gasteiger partial charge on any atom is -0.481 e. The van der Waals surface area contributed by atoms with Crippen LogP contribution in [-0.2, 0) is 9.59 Å². The molecule has 1 amide bonds. The molecule has 6 heteroatoms. The van der Waals surface area contributed by atoms with Gasteiger partial charge in [0, 0.05) is 6.20 Å². The molecule has 112 valence electrons. The molecule has 0 saturated heterocycles. The third kappa shape index (κ3) is 3.59. The van der Waals surface area contributed by atoms with E-state index in [4.69, 9.17) is 4.74 Å². The van der Waals surface area contributed by atoms with Crippen molar-refractivity contribution < 1.29 is 19.4 Å². The Morgan fingerprint density at radius 3 is 2.76 bits per heavy atom. The van der Waals surface area contributed by atoms with Crippen LogP contribution < -0.4 is 10.1 Å². The van der Waals surface area contributed by atoms with Crippen molar-refractivity contribution in [1.29, 1.82) is 0 Å². The first-order chi connectivity index (χ1) is 10.1. The highest BCUT2D eigenvalue weighted by atomic mass is 16.5. The fraction of sp³-hybridized carbons (Fsp3) is 0.400. The smallest absolute Gasteiger partial charge is 0.307 e. The number of carbonyl (C=O) groups excluding carboxylic acids is 1. The van der Waals surface area contributed by atoms with Gasteiger partial charge in [0.1, 0.15) is 5.69 Å². The Hall–Kier alpha value is -2.37. The topological polar surface area (TPSA) is 88.5 Å². The number of carbonyl (C=O) groups is 2. The number of nitrogens with zero attached hydrogens (tertiary/aromatic N) is 1. The second-order valence-corrected chi connectivity index (χ2v) is 4.77. The van der Waals surface area contributed by atoms with Crippen LogP contribution in [0.4, 0.5) is 5.69 Å². The fourth-order valence-corrected chi connectivity index (χ4v) is 2.34. The summed E-state index contributed by atoms with van der Waals surface area (Å²) in [5.41, 5.74) is 0.461. The van der Waals surface area contributed by atoms with Gasteiger partial charge >= 0.3 is 5.97 Å². The highest BCUT2D eigenvalue weighted by Gasteiger charge is 2.34. The largest absolute Gasteiger partial charge is 0.481 e. The van der Waals surface area contributed by atoms with Crippen LogP contribution in [0.3, 0.4) is 0 Å². The highest BCUT2D eigenvalue weighted by molar-refractivity contribution is 5.96. The molecular formula is C15H18N2O4. The Labute approximate surface area is 122 Å². The number of aromatic nitrogens is 1. The fourth-order valence-electron chi connectivity index (χ4n) is 2.34. The summed E-state index contributed by atoms with van der Waals surface area (Å²) >= 11 is 0. The first-order valence-corrected chi connectivity index (χ1v) is 6.90. The van der Waals surface area contributed by atoms with E-state index >= 15 is 0 Å². The summed E-state index contributed by atoms with van der Waals surface area (Å²) in [5, 5.41) is 11.9. The Kier molecular flexibility index (Phi) is 4.92. The first kappa shape index (κ1) is 15.0. The average Bonchev–Trinajstić information content (AvgIpc) is 2.49. The summed E-state index contributed by atoms with van der Waals surface area (Å²) < 4.78 is 5.34. The number of amides is 1. The molecule has 21 heavy (non-hydrogen) atoms. The summed E-state index contributed by atoms with van der Waals surface area (Å²) in [7, 11) is 0. The number of anilines is 1. The molecule has 2 unspecified atom stereocenters. The number of nitrogens with one attached hydrogen (secondary N) is 1. The van der Waals surface area contributed by atoms with Crippen molar-refractivity contribution in [2.24, 2.45) is 11.8 Å². The Balaban J connectivity index is 2.14. The zero-order valence-corrected chi connectivity index (χ0v) is 11.8. The maximum Gasteiger partial charge on any atom is 0.307 e. The lowest BCUT2D eigenvalue weighted by Crippen LogP contribution is -2.34. The number of carboxylic acid groups (broad SMARTS) is 1. The van der Waals surface area contributed by atoms with E-state index in [2.05, 4.69) is 10.3 Å². The van der Waals surface area contributed by atoms with Gasteiger partial charge in [-0.05, 0) is 31.9 Å². The van der Waals surface area contributed by atoms with Gasteiger partial charge in [-0.15, -0.1) is 0 Å². The van der Waals surface area contributed by atoms with Crippen molar-refractivity contribution in [1.82, 2.24) is 4.98 Å². The van der Waals surface area contributed by atoms with Crippen LogP contribution in [0.5, 0.6) is 5.88 Å². The predicted octanol–water partition coefficient (Wildman–Crippen LogP) is 2.09. The lowest BCUT2D eigenvalue weighted by atomic mass is 9.82. The van der Waals surface area contributed by atoms with E-state index in [1.54, 1.807) is 24.4 Å². The predicted molar refractivity (Wildman–Crippen MR) is 77.0 cm³/mol. The van der Waals surface area contributed by atoms with Gasteiger partial charge in [0.25, 0.3) is 0 Å². The van der Waals surface area contributed by atoms with Crippen LogP contribution in [0.25, 0.3) is 0 Å². The molecule has 0 saturated carbocycles. The lowest BCUT2D eigenvalue weighted by Gasteiger charge is -2.24. The van der Waals surface area contributed by atoms with Crippen molar-refractivity contribution >= 4 is 17.6 Å². The number of rotatable bonds is 5. The van der Waals surface area contributed by atoms with E-state index < -0.39 is 17.8 Å². The van der Waals surface area contributed by atoms with E-state index in [0.717, 1.165) is 0 Å². The lowest BCUT2D eigenvalue weighted by molar-refractivity contribution is -0.146. The molecule has 6 nitrogen and oxygen atoms in total. The number of pyridine rings is 1. The number of ether oxygens (including phenoxy) is 1. The van der Waals surface area contributed by atoms with Crippen LogP contribution in [0.1, 0.15) is 19.8 Å². The second-order valence-electron chi connectivity index (χ2n) is 4.77. The van der Waals surface area contributed by atoms with E-state index in [9.17, 15) is 14.7 Å². The van der Waals surface area contributed by atoms with Gasteiger partial charge in [-0.3, -0.25) is 9.59 Å². The van der Waals surface area contributed by atoms with E-state index in [0.29, 0.717) is 31.0 Å². The normalized spacial score (nSPS) is 20.8.